The number of esters is 3. The van der Waals surface area contributed by atoms with Gasteiger partial charge in [-0.05, 0) is 88.5 Å². The molecule has 1 aromatic rings. The van der Waals surface area contributed by atoms with E-state index in [-0.39, 0.29) is 50.9 Å². The first-order valence-corrected chi connectivity index (χ1v) is 18.8. The van der Waals surface area contributed by atoms with Crippen molar-refractivity contribution in [2.24, 2.45) is 17.3 Å². The summed E-state index contributed by atoms with van der Waals surface area (Å²) in [5.41, 5.74) is 0.0831. The Morgan fingerprint density at radius 2 is 1.37 bits per heavy atom. The Hall–Kier alpha value is -4.36. The van der Waals surface area contributed by atoms with E-state index in [1.165, 1.54) is 5.56 Å². The maximum atomic E-state index is 12.2. The van der Waals surface area contributed by atoms with Crippen molar-refractivity contribution in [2.75, 3.05) is 26.6 Å². The van der Waals surface area contributed by atoms with Crippen LogP contribution < -0.4 is 0 Å². The number of aliphatic hydroxyl groups excluding tert-OH is 3. The van der Waals surface area contributed by atoms with Crippen molar-refractivity contribution in [1.82, 2.24) is 0 Å². The molecular weight excluding hydrogens is 696 g/mol. The molecule has 5 atom stereocenters. The number of terminal acetylenes is 2. The molecule has 0 radical (unpaired) electrons. The van der Waals surface area contributed by atoms with Crippen LogP contribution >= 0.6 is 0 Å². The van der Waals surface area contributed by atoms with Crippen LogP contribution in [0.3, 0.4) is 0 Å². The maximum Gasteiger partial charge on any atom is 0.511 e. The molecular formula is C42H58O12. The van der Waals surface area contributed by atoms with Crippen LogP contribution in [0.5, 0.6) is 0 Å². The maximum absolute atomic E-state index is 12.2. The number of benzene rings is 1. The van der Waals surface area contributed by atoms with Crippen molar-refractivity contribution >= 4 is 24.1 Å². The van der Waals surface area contributed by atoms with Crippen LogP contribution in [0.1, 0.15) is 102 Å². The van der Waals surface area contributed by atoms with Gasteiger partial charge >= 0.3 is 24.1 Å². The first-order valence-electron chi connectivity index (χ1n) is 18.8. The highest BCUT2D eigenvalue weighted by Gasteiger charge is 2.40. The minimum atomic E-state index is -1.13. The molecule has 2 rings (SSSR count). The average molecular weight is 755 g/mol. The molecule has 1 aliphatic carbocycles. The zero-order valence-electron chi connectivity index (χ0n) is 31.5. The van der Waals surface area contributed by atoms with Crippen LogP contribution in [0.15, 0.2) is 42.5 Å². The predicted octanol–water partition coefficient (Wildman–Crippen LogP) is 5.59. The fourth-order valence-corrected chi connectivity index (χ4v) is 6.09. The minimum Gasteiger partial charge on any atom is -0.465 e. The predicted molar refractivity (Wildman–Crippen MR) is 200 cm³/mol. The third kappa shape index (κ3) is 19.6. The zero-order chi connectivity index (χ0) is 39.6. The standard InChI is InChI=1S/C42H58O12/c1-4-6-11-20-38(46)50-28-42(3,29-51-39(47)21-12-7-5-2)30-52-41(49)54-31-53-40(48)22-16-9-8-15-19-34-35(37(45)27-36(34)44)26-25-33(43)24-23-32-17-13-10-14-18-32/h1-2,8,10,13-15,17-18,33-37,43-45H,6-7,9,11-12,16,19-31H2,3H3/b15-8-/t33-,34+,35+,36-,37+/m0/s1. The fourth-order valence-electron chi connectivity index (χ4n) is 6.09. The molecule has 298 valence electrons. The van der Waals surface area contributed by atoms with E-state index in [0.717, 1.165) is 6.42 Å². The lowest BCUT2D eigenvalue weighted by molar-refractivity contribution is -0.156. The Morgan fingerprint density at radius 3 is 2.00 bits per heavy atom. The number of ether oxygens (including phenoxy) is 5. The Bertz CT molecular complexity index is 1340. The fraction of sp³-hybridized carbons (Fsp3) is 0.619. The van der Waals surface area contributed by atoms with E-state index < -0.39 is 54.6 Å². The third-order valence-corrected chi connectivity index (χ3v) is 9.29. The molecule has 0 aromatic heterocycles. The molecule has 0 amide bonds. The van der Waals surface area contributed by atoms with Crippen LogP contribution in [0.25, 0.3) is 0 Å². The van der Waals surface area contributed by atoms with Gasteiger partial charge in [-0.2, -0.15) is 0 Å². The monoisotopic (exact) mass is 754 g/mol. The molecule has 0 spiro atoms. The highest BCUT2D eigenvalue weighted by Crippen LogP contribution is 2.38. The van der Waals surface area contributed by atoms with Gasteiger partial charge in [-0.15, -0.1) is 24.7 Å². The van der Waals surface area contributed by atoms with Crippen molar-refractivity contribution < 1.29 is 58.2 Å². The second kappa shape index (κ2) is 26.4. The largest absolute Gasteiger partial charge is 0.511 e. The highest BCUT2D eigenvalue weighted by atomic mass is 16.8. The van der Waals surface area contributed by atoms with Crippen molar-refractivity contribution in [3.05, 3.63) is 48.0 Å². The molecule has 12 heteroatoms. The van der Waals surface area contributed by atoms with Crippen molar-refractivity contribution in [1.29, 1.82) is 0 Å². The SMILES string of the molecule is C#CCCCC(=O)OCC(C)(COC(=O)CCCC#C)COC(=O)OCOC(=O)CCC/C=C\C[C@@H]1[C@@H](CC[C@@H](O)CCc2ccccc2)[C@H](O)C[C@@H]1O. The van der Waals surface area contributed by atoms with E-state index in [9.17, 15) is 34.5 Å². The van der Waals surface area contributed by atoms with Gasteiger partial charge in [-0.1, -0.05) is 42.5 Å². The number of carbonyl (C=O) groups excluding carboxylic acids is 4. The molecule has 54 heavy (non-hydrogen) atoms. The molecule has 0 aliphatic heterocycles. The van der Waals surface area contributed by atoms with Crippen LogP contribution in [0.2, 0.25) is 0 Å². The van der Waals surface area contributed by atoms with Crippen molar-refractivity contribution in [3.8, 4) is 24.7 Å². The summed E-state index contributed by atoms with van der Waals surface area (Å²) in [6, 6.07) is 9.98. The van der Waals surface area contributed by atoms with Crippen LogP contribution in [-0.4, -0.2) is 84.3 Å². The molecule has 12 nitrogen and oxygen atoms in total. The number of carbonyl (C=O) groups is 4. The number of rotatable bonds is 26. The highest BCUT2D eigenvalue weighted by molar-refractivity contribution is 5.70. The summed E-state index contributed by atoms with van der Waals surface area (Å²) in [6.45, 7) is 0.203. The molecule has 3 N–H and O–H groups in total. The summed E-state index contributed by atoms with van der Waals surface area (Å²) in [7, 11) is 0. The lowest BCUT2D eigenvalue weighted by Crippen LogP contribution is -2.37. The van der Waals surface area contributed by atoms with Gasteiger partial charge in [-0.25, -0.2) is 4.79 Å². The minimum absolute atomic E-state index is 0.0779. The van der Waals surface area contributed by atoms with Gasteiger partial charge in [0.2, 0.25) is 6.79 Å². The molecule has 1 fully saturated rings. The van der Waals surface area contributed by atoms with Crippen LogP contribution in [0.4, 0.5) is 4.79 Å². The summed E-state index contributed by atoms with van der Waals surface area (Å²) >= 11 is 0. The van der Waals surface area contributed by atoms with E-state index >= 15 is 0 Å². The first kappa shape index (κ1) is 45.8. The molecule has 0 saturated heterocycles. The topological polar surface area (TPSA) is 175 Å². The van der Waals surface area contributed by atoms with E-state index in [4.69, 9.17) is 36.5 Å². The van der Waals surface area contributed by atoms with Crippen molar-refractivity contribution in [3.63, 3.8) is 0 Å². The second-order valence-corrected chi connectivity index (χ2v) is 14.1. The van der Waals surface area contributed by atoms with Crippen molar-refractivity contribution in [2.45, 2.75) is 122 Å². The molecule has 1 aliphatic rings. The van der Waals surface area contributed by atoms with E-state index in [0.29, 0.717) is 70.6 Å². The number of aryl methyl sites for hydroxylation is 1. The molecule has 0 bridgehead atoms. The number of hydrogen-bond donors (Lipinski definition) is 3. The number of hydrogen-bond acceptors (Lipinski definition) is 12. The van der Waals surface area contributed by atoms with E-state index in [1.54, 1.807) is 6.92 Å². The lowest BCUT2D eigenvalue weighted by atomic mass is 9.85. The number of unbranched alkanes of at least 4 members (excludes halogenated alkanes) is 3. The first-order chi connectivity index (χ1) is 26.0. The molecule has 1 aromatic carbocycles. The molecule has 1 saturated carbocycles. The molecule has 0 heterocycles. The summed E-state index contributed by atoms with van der Waals surface area (Å²) in [6.07, 6.45) is 18.1. The Labute approximate surface area is 319 Å². The Balaban J connectivity index is 1.67. The third-order valence-electron chi connectivity index (χ3n) is 9.29. The zero-order valence-corrected chi connectivity index (χ0v) is 31.5. The van der Waals surface area contributed by atoms with Gasteiger partial charge in [0, 0.05) is 32.1 Å². The Morgan fingerprint density at radius 1 is 0.796 bits per heavy atom. The smallest absolute Gasteiger partial charge is 0.465 e. The van der Waals surface area contributed by atoms with Gasteiger partial charge in [0.1, 0.15) is 19.8 Å². The number of aliphatic hydroxyl groups is 3. The second-order valence-electron chi connectivity index (χ2n) is 14.1. The quantitative estimate of drug-likeness (QED) is 0.0268. The average Bonchev–Trinajstić information content (AvgIpc) is 3.43. The van der Waals surface area contributed by atoms with Gasteiger partial charge < -0.3 is 39.0 Å². The van der Waals surface area contributed by atoms with Crippen LogP contribution in [-0.2, 0) is 44.5 Å². The van der Waals surface area contributed by atoms with Crippen LogP contribution in [0, 0.1) is 41.9 Å². The molecule has 0 unspecified atom stereocenters. The summed E-state index contributed by atoms with van der Waals surface area (Å²) < 4.78 is 25.6. The Kier molecular flexibility index (Phi) is 22.4. The van der Waals surface area contributed by atoms with E-state index in [1.807, 2.05) is 42.5 Å². The normalized spacial score (nSPS) is 18.6. The van der Waals surface area contributed by atoms with Gasteiger partial charge in [-0.3, -0.25) is 14.4 Å². The summed E-state index contributed by atoms with van der Waals surface area (Å²) in [5, 5.41) is 31.6. The lowest BCUT2D eigenvalue weighted by Gasteiger charge is -2.27. The van der Waals surface area contributed by atoms with Gasteiger partial charge in [0.15, 0.2) is 0 Å². The summed E-state index contributed by atoms with van der Waals surface area (Å²) in [5.74, 6) is 3.09. The summed E-state index contributed by atoms with van der Waals surface area (Å²) in [4.78, 5) is 48.6. The van der Waals surface area contributed by atoms with Gasteiger partial charge in [0.25, 0.3) is 0 Å². The number of allylic oxidation sites excluding steroid dienone is 2. The van der Waals surface area contributed by atoms with Gasteiger partial charge in [0.05, 0.1) is 23.7 Å². The van der Waals surface area contributed by atoms with E-state index in [2.05, 4.69) is 11.8 Å².